The van der Waals surface area contributed by atoms with E-state index >= 15 is 0 Å². The first-order chi connectivity index (χ1) is 29.7. The molecular formula is C60H58P2. The van der Waals surface area contributed by atoms with Gasteiger partial charge in [-0.3, -0.25) is 0 Å². The molecule has 0 aliphatic heterocycles. The summed E-state index contributed by atoms with van der Waals surface area (Å²) in [6.07, 6.45) is 0. The van der Waals surface area contributed by atoms with Crippen LogP contribution in [0.1, 0.15) is 66.8 Å². The van der Waals surface area contributed by atoms with Crippen LogP contribution in [-0.4, -0.2) is 0 Å². The highest BCUT2D eigenvalue weighted by atomic mass is 31.7. The van der Waals surface area contributed by atoms with E-state index in [-0.39, 0.29) is 0 Å². The smallest absolute Gasteiger partial charge is 0.0221 e. The molecule has 308 valence electrons. The molecule has 8 aromatic rings. The van der Waals surface area contributed by atoms with Gasteiger partial charge < -0.3 is 0 Å². The lowest BCUT2D eigenvalue weighted by atomic mass is 9.86. The molecule has 2 heteroatoms. The highest BCUT2D eigenvalue weighted by Gasteiger charge is 2.23. The molecule has 0 amide bonds. The molecule has 62 heavy (non-hydrogen) atoms. The second kappa shape index (κ2) is 17.6. The summed E-state index contributed by atoms with van der Waals surface area (Å²) >= 11 is 0. The summed E-state index contributed by atoms with van der Waals surface area (Å²) in [6.45, 7) is 27.2. The van der Waals surface area contributed by atoms with Crippen LogP contribution in [0.5, 0.6) is 0 Å². The van der Waals surface area contributed by atoms with Crippen LogP contribution in [0.3, 0.4) is 0 Å². The molecule has 0 unspecified atom stereocenters. The minimum absolute atomic E-state index is 1.22. The first-order valence-corrected chi connectivity index (χ1v) is 24.4. The normalized spacial score (nSPS) is 11.5. The van der Waals surface area contributed by atoms with Gasteiger partial charge in [0.1, 0.15) is 0 Å². The summed E-state index contributed by atoms with van der Waals surface area (Å²) in [7, 11) is 2.45. The fourth-order valence-electron chi connectivity index (χ4n) is 9.71. The molecule has 0 aliphatic carbocycles. The molecule has 0 nitrogen and oxygen atoms in total. The van der Waals surface area contributed by atoms with Crippen LogP contribution in [0.4, 0.5) is 0 Å². The highest BCUT2D eigenvalue weighted by Crippen LogP contribution is 2.44. The van der Waals surface area contributed by atoms with E-state index in [0.717, 1.165) is 0 Å². The third-order valence-corrected chi connectivity index (χ3v) is 15.8. The van der Waals surface area contributed by atoms with Gasteiger partial charge in [-0.25, -0.2) is 0 Å². The van der Waals surface area contributed by atoms with Gasteiger partial charge in [0, 0.05) is 10.6 Å². The third kappa shape index (κ3) is 8.20. The Hall–Kier alpha value is -5.64. The van der Waals surface area contributed by atoms with Crippen molar-refractivity contribution in [2.45, 2.75) is 83.1 Å². The largest absolute Gasteiger partial charge is 0.0617 e. The Morgan fingerprint density at radius 3 is 0.726 bits per heavy atom. The molecular weight excluding hydrogens is 783 g/mol. The van der Waals surface area contributed by atoms with Gasteiger partial charge in [0.15, 0.2) is 0 Å². The van der Waals surface area contributed by atoms with Crippen molar-refractivity contribution in [3.8, 4) is 66.8 Å². The fourth-order valence-corrected chi connectivity index (χ4v) is 12.9. The Bertz CT molecular complexity index is 2650. The van der Waals surface area contributed by atoms with E-state index < -0.39 is 0 Å². The van der Waals surface area contributed by atoms with E-state index in [9.17, 15) is 0 Å². The molecule has 0 heterocycles. The molecule has 8 aromatic carbocycles. The summed E-state index contributed by atoms with van der Waals surface area (Å²) < 4.78 is 0. The number of rotatable bonds is 8. The standard InChI is InChI=1S/C60H58P2/c1-35-25-27-37(3)49(29-35)47-31-51(55-39(5)17-13-18-40(55)6)59(52(32-47)56-41(7)19-14-20-42(56)8)61-62-60-53(57-43(9)21-15-22-44(57)10)33-48(50-30-36(2)26-28-38(50)4)34-54(60)58-45(11)23-16-24-46(58)12/h13-34H,1-12H3. The number of aryl methyl sites for hydroxylation is 12. The molecule has 8 rings (SSSR count). The van der Waals surface area contributed by atoms with Gasteiger partial charge in [0.25, 0.3) is 0 Å². The van der Waals surface area contributed by atoms with Crippen molar-refractivity contribution in [3.05, 3.63) is 200 Å². The number of hydrogen-bond acceptors (Lipinski definition) is 0. The highest BCUT2D eigenvalue weighted by molar-refractivity contribution is 7.91. The van der Waals surface area contributed by atoms with Crippen LogP contribution in [0.2, 0.25) is 0 Å². The Morgan fingerprint density at radius 1 is 0.242 bits per heavy atom. The Kier molecular flexibility index (Phi) is 12.2. The van der Waals surface area contributed by atoms with Gasteiger partial charge in [0.05, 0.1) is 0 Å². The molecule has 0 saturated heterocycles. The zero-order chi connectivity index (χ0) is 44.0. The molecule has 0 aromatic heterocycles. The van der Waals surface area contributed by atoms with Crippen LogP contribution >= 0.6 is 15.7 Å². The Morgan fingerprint density at radius 2 is 0.484 bits per heavy atom. The average Bonchev–Trinajstić information content (AvgIpc) is 3.22. The van der Waals surface area contributed by atoms with Crippen molar-refractivity contribution in [1.82, 2.24) is 0 Å². The van der Waals surface area contributed by atoms with E-state index in [1.54, 1.807) is 0 Å². The van der Waals surface area contributed by atoms with E-state index in [1.807, 2.05) is 0 Å². The van der Waals surface area contributed by atoms with E-state index in [4.69, 9.17) is 0 Å². The van der Waals surface area contributed by atoms with Crippen LogP contribution in [-0.2, 0) is 0 Å². The molecule has 0 saturated carbocycles. The van der Waals surface area contributed by atoms with E-state index in [1.165, 1.54) is 160 Å². The lowest BCUT2D eigenvalue weighted by Gasteiger charge is -2.23. The minimum atomic E-state index is 1.22. The molecule has 0 fully saturated rings. The van der Waals surface area contributed by atoms with Gasteiger partial charge in [-0.05, 0) is 245 Å². The number of benzene rings is 8. The second-order valence-electron chi connectivity index (χ2n) is 17.7. The number of hydrogen-bond donors (Lipinski definition) is 0. The van der Waals surface area contributed by atoms with Gasteiger partial charge in [-0.15, -0.1) is 0 Å². The zero-order valence-corrected chi connectivity index (χ0v) is 40.4. The SMILES string of the molecule is Cc1ccc(C)c(-c2cc(-c3c(C)cccc3C)c(P=Pc3c(-c4c(C)cccc4C)cc(-c4cc(C)ccc4C)cc3-c3c(C)cccc3C)c(-c3c(C)cccc3C)c2)c1. The van der Waals surface area contributed by atoms with Crippen LogP contribution in [0, 0.1) is 83.1 Å². The van der Waals surface area contributed by atoms with Crippen molar-refractivity contribution in [2.24, 2.45) is 0 Å². The maximum absolute atomic E-state index is 2.51. The van der Waals surface area contributed by atoms with Crippen LogP contribution in [0.15, 0.2) is 133 Å². The lowest BCUT2D eigenvalue weighted by molar-refractivity contribution is 1.36. The third-order valence-electron chi connectivity index (χ3n) is 12.9. The topological polar surface area (TPSA) is 0 Å². The van der Waals surface area contributed by atoms with Crippen LogP contribution in [0.25, 0.3) is 66.8 Å². The van der Waals surface area contributed by atoms with Gasteiger partial charge >= 0.3 is 0 Å². The van der Waals surface area contributed by atoms with E-state index in [2.05, 4.69) is 217 Å². The monoisotopic (exact) mass is 840 g/mol. The summed E-state index contributed by atoms with van der Waals surface area (Å²) in [6, 6.07) is 50.9. The van der Waals surface area contributed by atoms with Crippen molar-refractivity contribution >= 4 is 26.3 Å². The quantitative estimate of drug-likeness (QED) is 0.134. The van der Waals surface area contributed by atoms with Gasteiger partial charge in [-0.2, -0.15) is 0 Å². The van der Waals surface area contributed by atoms with Crippen molar-refractivity contribution in [3.63, 3.8) is 0 Å². The van der Waals surface area contributed by atoms with Crippen molar-refractivity contribution in [1.29, 1.82) is 0 Å². The summed E-state index contributed by atoms with van der Waals surface area (Å²) in [4.78, 5) is 0. The van der Waals surface area contributed by atoms with Gasteiger partial charge in [-0.1, -0.05) is 120 Å². The van der Waals surface area contributed by atoms with Crippen molar-refractivity contribution < 1.29 is 0 Å². The summed E-state index contributed by atoms with van der Waals surface area (Å²) in [5, 5.41) is 2.74. The minimum Gasteiger partial charge on any atom is -0.0617 e. The summed E-state index contributed by atoms with van der Waals surface area (Å²) in [5.74, 6) is 0. The maximum atomic E-state index is 2.51. The lowest BCUT2D eigenvalue weighted by Crippen LogP contribution is -2.10. The molecule has 0 aliphatic rings. The predicted octanol–water partition coefficient (Wildman–Crippen LogP) is 17.1. The molecule has 0 radical (unpaired) electrons. The molecule has 0 spiro atoms. The van der Waals surface area contributed by atoms with Crippen LogP contribution < -0.4 is 10.6 Å². The molecule has 0 bridgehead atoms. The fraction of sp³-hybridized carbons (Fsp3) is 0.200. The average molecular weight is 841 g/mol. The molecule has 0 atom stereocenters. The molecule has 0 N–H and O–H groups in total. The Labute approximate surface area is 374 Å². The predicted molar refractivity (Wildman–Crippen MR) is 275 cm³/mol. The maximum Gasteiger partial charge on any atom is 0.0221 e. The Balaban J connectivity index is 1.55. The zero-order valence-electron chi connectivity index (χ0n) is 38.6. The van der Waals surface area contributed by atoms with Crippen molar-refractivity contribution in [2.75, 3.05) is 0 Å². The van der Waals surface area contributed by atoms with E-state index in [0.29, 0.717) is 0 Å². The summed E-state index contributed by atoms with van der Waals surface area (Å²) in [5.41, 5.74) is 31.3. The first-order valence-electron chi connectivity index (χ1n) is 21.9. The van der Waals surface area contributed by atoms with Gasteiger partial charge in [0.2, 0.25) is 0 Å². The second-order valence-corrected chi connectivity index (χ2v) is 20.2. The first kappa shape index (κ1) is 43.0.